The molecule has 0 saturated carbocycles. The zero-order chi connectivity index (χ0) is 34.8. The lowest BCUT2D eigenvalue weighted by molar-refractivity contribution is -0.137. The summed E-state index contributed by atoms with van der Waals surface area (Å²) in [5.74, 6) is 1.82. The molecule has 0 unspecified atom stereocenters. The number of carbonyl (C=O) groups is 2. The lowest BCUT2D eigenvalue weighted by Crippen LogP contribution is -2.04. The summed E-state index contributed by atoms with van der Waals surface area (Å²) >= 11 is 0. The highest BCUT2D eigenvalue weighted by atomic mass is 19.4. The number of hydrogen-bond acceptors (Lipinski definition) is 8. The highest BCUT2D eigenvalue weighted by molar-refractivity contribution is 5.62. The van der Waals surface area contributed by atoms with E-state index in [2.05, 4.69) is 51.5 Å². The maximum Gasteiger partial charge on any atom is 0.503 e. The Kier molecular flexibility index (Phi) is 27.1. The minimum atomic E-state index is -4.27. The number of aromatic nitrogens is 2. The number of benzene rings is 2. The molecule has 0 spiro atoms. The highest BCUT2D eigenvalue weighted by Gasteiger charge is 2.29. The third-order valence-electron chi connectivity index (χ3n) is 2.89. The summed E-state index contributed by atoms with van der Waals surface area (Å²) in [5.41, 5.74) is 21.3. The van der Waals surface area contributed by atoms with Gasteiger partial charge in [-0.25, -0.2) is 23.9 Å². The standard InChI is InChI=1S/C7H6F3N.C6H7FN2.C4H5N3.2C4H10.2CH2O3/c8-7(9,10)5-1-3-6(11)4-2-5;7-4-1-2-5(8)6(9)3-4;5-4-1-2-6-3-7-4;2*1-4(2)3;2*2-1(3)4/h1-4H,11H2;1-3H,8-9H2;1-3H,(H2,5,6,7);2*4H,1-3H3;2*(H2,2,3,4). The van der Waals surface area contributed by atoms with Crippen LogP contribution < -0.4 is 22.9 Å². The number of alkyl halides is 3. The average molecular weight is 623 g/mol. The molecule has 0 saturated heterocycles. The van der Waals surface area contributed by atoms with E-state index in [0.29, 0.717) is 17.2 Å². The van der Waals surface area contributed by atoms with Gasteiger partial charge in [0, 0.05) is 11.9 Å². The number of halogens is 4. The minimum absolute atomic E-state index is 0.287. The van der Waals surface area contributed by atoms with Gasteiger partial charge < -0.3 is 43.4 Å². The fourth-order valence-corrected chi connectivity index (χ4v) is 1.52. The lowest BCUT2D eigenvalue weighted by Gasteiger charge is -2.05. The topological polar surface area (TPSA) is 245 Å². The van der Waals surface area contributed by atoms with Crippen molar-refractivity contribution in [1.82, 2.24) is 9.97 Å². The van der Waals surface area contributed by atoms with Crippen LogP contribution in [-0.2, 0) is 6.18 Å². The molecule has 0 aliphatic carbocycles. The second kappa shape index (κ2) is 25.9. The number of carboxylic acid groups (broad SMARTS) is 4. The fourth-order valence-electron chi connectivity index (χ4n) is 1.52. The van der Waals surface area contributed by atoms with E-state index in [0.717, 1.165) is 24.0 Å². The first kappa shape index (κ1) is 45.0. The Morgan fingerprint density at radius 2 is 1.12 bits per heavy atom. The number of nitrogens with zero attached hydrogens (tertiary/aromatic N) is 2. The second-order valence-electron chi connectivity index (χ2n) is 9.06. The fraction of sp³-hybridized carbons (Fsp3) is 0.333. The largest absolute Gasteiger partial charge is 0.503 e. The van der Waals surface area contributed by atoms with Crippen LogP contribution >= 0.6 is 0 Å². The molecule has 0 aliphatic heterocycles. The highest BCUT2D eigenvalue weighted by Crippen LogP contribution is 2.29. The second-order valence-corrected chi connectivity index (χ2v) is 9.06. The van der Waals surface area contributed by atoms with Crippen LogP contribution in [-0.4, -0.2) is 42.7 Å². The van der Waals surface area contributed by atoms with E-state index >= 15 is 0 Å². The third kappa shape index (κ3) is 44.2. The molecule has 244 valence electrons. The number of nitrogens with two attached hydrogens (primary N) is 4. The van der Waals surface area contributed by atoms with Crippen molar-refractivity contribution in [1.29, 1.82) is 0 Å². The molecule has 0 radical (unpaired) electrons. The van der Waals surface area contributed by atoms with Gasteiger partial charge in [0.05, 0.1) is 16.9 Å². The van der Waals surface area contributed by atoms with Crippen molar-refractivity contribution in [3.63, 3.8) is 0 Å². The van der Waals surface area contributed by atoms with Crippen molar-refractivity contribution in [2.75, 3.05) is 22.9 Å². The van der Waals surface area contributed by atoms with E-state index < -0.39 is 24.1 Å². The van der Waals surface area contributed by atoms with Crippen LogP contribution in [0.15, 0.2) is 61.1 Å². The smallest absolute Gasteiger partial charge is 0.450 e. The summed E-state index contributed by atoms with van der Waals surface area (Å²) in [6.45, 7) is 13.0. The van der Waals surface area contributed by atoms with E-state index in [-0.39, 0.29) is 11.5 Å². The van der Waals surface area contributed by atoms with Gasteiger partial charge in [-0.2, -0.15) is 13.2 Å². The van der Waals surface area contributed by atoms with Crippen LogP contribution in [0.2, 0.25) is 0 Å². The maximum absolute atomic E-state index is 12.2. The first-order valence-electron chi connectivity index (χ1n) is 12.1. The number of rotatable bonds is 0. The number of anilines is 4. The Labute approximate surface area is 248 Å². The van der Waals surface area contributed by atoms with Crippen molar-refractivity contribution < 1.29 is 47.6 Å². The molecule has 0 aliphatic rings. The molecule has 16 heteroatoms. The molecule has 0 atom stereocenters. The third-order valence-corrected chi connectivity index (χ3v) is 2.89. The monoisotopic (exact) mass is 622 g/mol. The quantitative estimate of drug-likeness (QED) is 0.0923. The first-order chi connectivity index (χ1) is 19.5. The predicted octanol–water partition coefficient (Wildman–Crippen LogP) is 7.11. The van der Waals surface area contributed by atoms with Crippen LogP contribution in [0.25, 0.3) is 0 Å². The molecule has 1 aromatic heterocycles. The first-order valence-corrected chi connectivity index (χ1v) is 12.1. The van der Waals surface area contributed by atoms with Gasteiger partial charge in [0.25, 0.3) is 0 Å². The van der Waals surface area contributed by atoms with E-state index in [9.17, 15) is 17.6 Å². The molecule has 43 heavy (non-hydrogen) atoms. The van der Waals surface area contributed by atoms with Crippen molar-refractivity contribution in [3.05, 3.63) is 72.4 Å². The van der Waals surface area contributed by atoms with Crippen molar-refractivity contribution in [2.24, 2.45) is 11.8 Å². The molecule has 3 rings (SSSR count). The van der Waals surface area contributed by atoms with Crippen LogP contribution in [0, 0.1) is 17.7 Å². The average Bonchev–Trinajstić information content (AvgIpc) is 2.81. The van der Waals surface area contributed by atoms with E-state index in [1.54, 1.807) is 12.3 Å². The van der Waals surface area contributed by atoms with Gasteiger partial charge in [-0.15, -0.1) is 0 Å². The van der Waals surface area contributed by atoms with E-state index in [1.807, 2.05) is 0 Å². The van der Waals surface area contributed by atoms with E-state index in [1.165, 1.54) is 36.7 Å². The van der Waals surface area contributed by atoms with Gasteiger partial charge in [0.2, 0.25) is 0 Å². The van der Waals surface area contributed by atoms with Crippen LogP contribution in [0.3, 0.4) is 0 Å². The van der Waals surface area contributed by atoms with Crippen molar-refractivity contribution in [3.8, 4) is 0 Å². The summed E-state index contributed by atoms with van der Waals surface area (Å²) in [7, 11) is 0. The molecule has 3 aromatic rings. The van der Waals surface area contributed by atoms with Gasteiger partial charge in [-0.1, -0.05) is 41.5 Å². The summed E-state index contributed by atoms with van der Waals surface area (Å²) in [5, 5.41) is 27.9. The van der Waals surface area contributed by atoms with Crippen molar-refractivity contribution in [2.45, 2.75) is 47.7 Å². The van der Waals surface area contributed by atoms with Crippen LogP contribution in [0.5, 0.6) is 0 Å². The summed E-state index contributed by atoms with van der Waals surface area (Å²) < 4.78 is 47.8. The molecule has 0 fully saturated rings. The van der Waals surface area contributed by atoms with Gasteiger partial charge in [-0.05, 0) is 60.4 Å². The Morgan fingerprint density at radius 3 is 1.35 bits per heavy atom. The summed E-state index contributed by atoms with van der Waals surface area (Å²) in [4.78, 5) is 24.4. The Morgan fingerprint density at radius 1 is 0.721 bits per heavy atom. The van der Waals surface area contributed by atoms with Gasteiger partial charge in [-0.3, -0.25) is 0 Å². The number of nitrogen functional groups attached to an aromatic ring is 4. The van der Waals surface area contributed by atoms with Gasteiger partial charge >= 0.3 is 18.5 Å². The summed E-state index contributed by atoms with van der Waals surface area (Å²) in [6.07, 6.45) is -4.93. The van der Waals surface area contributed by atoms with Crippen molar-refractivity contribution >= 4 is 35.2 Å². The summed E-state index contributed by atoms with van der Waals surface area (Å²) in [6, 6.07) is 9.89. The normalized spacial score (nSPS) is 9.12. The SMILES string of the molecule is CC(C)C.CC(C)C.Nc1ccc(C(F)(F)F)cc1.Nc1ccc(F)cc1N.Nc1ccncn1.O=C(O)O.O=C(O)O. The zero-order valence-electron chi connectivity index (χ0n) is 24.7. The molecule has 2 aromatic carbocycles. The Balaban J connectivity index is -0.000000217. The Bertz CT molecular complexity index is 1090. The Hall–Kier alpha value is -5.02. The van der Waals surface area contributed by atoms with Gasteiger partial charge in [0.15, 0.2) is 0 Å². The number of hydrogen-bond donors (Lipinski definition) is 8. The maximum atomic E-state index is 12.2. The van der Waals surface area contributed by atoms with Crippen LogP contribution in [0.4, 0.5) is 50.0 Å². The molecule has 0 bridgehead atoms. The van der Waals surface area contributed by atoms with E-state index in [4.69, 9.17) is 52.9 Å². The predicted molar refractivity (Wildman–Crippen MR) is 160 cm³/mol. The molecule has 12 N–H and O–H groups in total. The minimum Gasteiger partial charge on any atom is -0.450 e. The molecular formula is C27H42F4N6O6. The van der Waals surface area contributed by atoms with Crippen LogP contribution in [0.1, 0.15) is 47.1 Å². The molecular weight excluding hydrogens is 580 g/mol. The molecule has 0 amide bonds. The molecule has 12 nitrogen and oxygen atoms in total. The lowest BCUT2D eigenvalue weighted by atomic mass is 10.2. The van der Waals surface area contributed by atoms with Gasteiger partial charge in [0.1, 0.15) is 18.0 Å². The molecule has 1 heterocycles. The zero-order valence-corrected chi connectivity index (χ0v) is 24.7.